The first-order chi connectivity index (χ1) is 8.92. The molecule has 0 saturated heterocycles. The summed E-state index contributed by atoms with van der Waals surface area (Å²) < 4.78 is 0. The number of anilines is 1. The third-order valence-corrected chi connectivity index (χ3v) is 4.09. The van der Waals surface area contributed by atoms with Crippen LogP contribution in [0, 0.1) is 0 Å². The number of pyridine rings is 1. The van der Waals surface area contributed by atoms with E-state index < -0.39 is 0 Å². The molecule has 19 heavy (non-hydrogen) atoms. The highest BCUT2D eigenvalue weighted by Crippen LogP contribution is 2.23. The van der Waals surface area contributed by atoms with E-state index in [2.05, 4.69) is 69.0 Å². The molecule has 1 rings (SSSR count). The molecular weight excluding hydrogens is 234 g/mol. The number of nitrogens with one attached hydrogen (secondary N) is 1. The van der Waals surface area contributed by atoms with E-state index in [-0.39, 0.29) is 5.54 Å². The molecule has 1 unspecified atom stereocenters. The minimum absolute atomic E-state index is 0.139. The Balaban J connectivity index is 2.76. The maximum absolute atomic E-state index is 4.61. The van der Waals surface area contributed by atoms with Gasteiger partial charge in [0.25, 0.3) is 0 Å². The van der Waals surface area contributed by atoms with Crippen LogP contribution in [0.15, 0.2) is 18.3 Å². The maximum Gasteiger partial charge on any atom is 0.128 e. The lowest BCUT2D eigenvalue weighted by molar-refractivity contribution is 0.467. The van der Waals surface area contributed by atoms with Crippen molar-refractivity contribution in [3.05, 3.63) is 23.9 Å². The molecule has 3 nitrogen and oxygen atoms in total. The summed E-state index contributed by atoms with van der Waals surface area (Å²) in [6.45, 7) is 12.1. The fraction of sp³-hybridized carbons (Fsp3) is 0.688. The van der Waals surface area contributed by atoms with Gasteiger partial charge in [-0.05, 0) is 51.8 Å². The molecule has 3 heteroatoms. The lowest BCUT2D eigenvalue weighted by Gasteiger charge is -2.36. The Morgan fingerprint density at radius 1 is 1.32 bits per heavy atom. The highest BCUT2D eigenvalue weighted by molar-refractivity contribution is 5.41. The van der Waals surface area contributed by atoms with E-state index in [4.69, 9.17) is 0 Å². The molecule has 0 radical (unpaired) electrons. The minimum atomic E-state index is 0.139. The van der Waals surface area contributed by atoms with Gasteiger partial charge < -0.3 is 10.2 Å². The van der Waals surface area contributed by atoms with Gasteiger partial charge in [-0.1, -0.05) is 19.9 Å². The first-order valence-corrected chi connectivity index (χ1v) is 7.35. The normalized spacial score (nSPS) is 13.4. The monoisotopic (exact) mass is 263 g/mol. The van der Waals surface area contributed by atoms with E-state index in [1.54, 1.807) is 0 Å². The Hall–Kier alpha value is -1.09. The van der Waals surface area contributed by atoms with Crippen molar-refractivity contribution in [2.24, 2.45) is 0 Å². The van der Waals surface area contributed by atoms with E-state index in [1.165, 1.54) is 5.56 Å². The highest BCUT2D eigenvalue weighted by Gasteiger charge is 2.22. The zero-order valence-corrected chi connectivity index (χ0v) is 13.3. The van der Waals surface area contributed by atoms with Gasteiger partial charge in [-0.3, -0.25) is 0 Å². The molecule has 0 amide bonds. The molecule has 1 N–H and O–H groups in total. The van der Waals surface area contributed by atoms with Crippen molar-refractivity contribution in [1.82, 2.24) is 10.3 Å². The van der Waals surface area contributed by atoms with Gasteiger partial charge in [-0.15, -0.1) is 0 Å². The van der Waals surface area contributed by atoms with Crippen molar-refractivity contribution in [2.45, 2.75) is 59.0 Å². The summed E-state index contributed by atoms with van der Waals surface area (Å²) in [5.41, 5.74) is 1.39. The quantitative estimate of drug-likeness (QED) is 0.811. The Morgan fingerprint density at radius 2 is 2.00 bits per heavy atom. The average Bonchev–Trinajstić information content (AvgIpc) is 2.44. The summed E-state index contributed by atoms with van der Waals surface area (Å²) in [5, 5.41) is 3.49. The van der Waals surface area contributed by atoms with Gasteiger partial charge in [0.05, 0.1) is 0 Å². The highest BCUT2D eigenvalue weighted by atomic mass is 15.2. The average molecular weight is 263 g/mol. The number of nitrogens with zero attached hydrogens (tertiary/aromatic N) is 2. The predicted molar refractivity (Wildman–Crippen MR) is 83.7 cm³/mol. The summed E-state index contributed by atoms with van der Waals surface area (Å²) in [6.07, 6.45) is 4.25. The first kappa shape index (κ1) is 16.0. The molecule has 1 heterocycles. The van der Waals surface area contributed by atoms with Gasteiger partial charge in [0.1, 0.15) is 5.82 Å². The molecular formula is C16H29N3. The van der Waals surface area contributed by atoms with Crippen molar-refractivity contribution < 1.29 is 0 Å². The number of hydrogen-bond donors (Lipinski definition) is 1. The molecule has 108 valence electrons. The van der Waals surface area contributed by atoms with Crippen molar-refractivity contribution in [1.29, 1.82) is 0 Å². The lowest BCUT2D eigenvalue weighted by Crippen LogP contribution is -2.41. The van der Waals surface area contributed by atoms with Crippen LogP contribution in [0.1, 0.15) is 59.1 Å². The van der Waals surface area contributed by atoms with Crippen LogP contribution in [-0.2, 0) is 0 Å². The van der Waals surface area contributed by atoms with Gasteiger partial charge >= 0.3 is 0 Å². The van der Waals surface area contributed by atoms with Crippen LogP contribution in [0.4, 0.5) is 5.82 Å². The first-order valence-electron chi connectivity index (χ1n) is 7.35. The van der Waals surface area contributed by atoms with Crippen LogP contribution < -0.4 is 10.2 Å². The lowest BCUT2D eigenvalue weighted by atomic mass is 10.00. The fourth-order valence-electron chi connectivity index (χ4n) is 1.88. The van der Waals surface area contributed by atoms with E-state index >= 15 is 0 Å². The van der Waals surface area contributed by atoms with Gasteiger partial charge in [0.2, 0.25) is 0 Å². The second kappa shape index (κ2) is 6.90. The molecule has 1 atom stereocenters. The standard InChI is InChI=1S/C16H29N3/c1-7-11-17-13(3)14-9-10-15(18-12-14)19(6)16(4,5)8-2/h9-10,12-13,17H,7-8,11H2,1-6H3. The molecule has 0 spiro atoms. The van der Waals surface area contributed by atoms with Gasteiger partial charge in [-0.25, -0.2) is 4.98 Å². The van der Waals surface area contributed by atoms with Gasteiger partial charge in [0, 0.05) is 24.8 Å². The zero-order valence-electron chi connectivity index (χ0n) is 13.3. The molecule has 0 aliphatic rings. The third kappa shape index (κ3) is 4.20. The van der Waals surface area contributed by atoms with Crippen LogP contribution >= 0.6 is 0 Å². The maximum atomic E-state index is 4.61. The molecule has 0 aliphatic heterocycles. The number of rotatable bonds is 7. The van der Waals surface area contributed by atoms with Crippen molar-refractivity contribution >= 4 is 5.82 Å². The van der Waals surface area contributed by atoms with Gasteiger partial charge in [-0.2, -0.15) is 0 Å². The van der Waals surface area contributed by atoms with Crippen molar-refractivity contribution in [3.63, 3.8) is 0 Å². The minimum Gasteiger partial charge on any atom is -0.355 e. The number of hydrogen-bond acceptors (Lipinski definition) is 3. The molecule has 0 fully saturated rings. The Bertz CT molecular complexity index is 370. The molecule has 1 aromatic rings. The number of aromatic nitrogens is 1. The van der Waals surface area contributed by atoms with E-state index in [0.29, 0.717) is 6.04 Å². The Kier molecular flexibility index (Phi) is 5.80. The van der Waals surface area contributed by atoms with Crippen LogP contribution in [0.3, 0.4) is 0 Å². The largest absolute Gasteiger partial charge is 0.355 e. The summed E-state index contributed by atoms with van der Waals surface area (Å²) in [4.78, 5) is 6.86. The smallest absolute Gasteiger partial charge is 0.128 e. The summed E-state index contributed by atoms with van der Waals surface area (Å²) in [5.74, 6) is 1.04. The molecule has 0 aromatic carbocycles. The summed E-state index contributed by atoms with van der Waals surface area (Å²) in [7, 11) is 2.12. The predicted octanol–water partition coefficient (Wildman–Crippen LogP) is 3.77. The molecule has 0 saturated carbocycles. The Morgan fingerprint density at radius 3 is 2.47 bits per heavy atom. The van der Waals surface area contributed by atoms with E-state index in [0.717, 1.165) is 25.2 Å². The van der Waals surface area contributed by atoms with Crippen molar-refractivity contribution in [2.75, 3.05) is 18.5 Å². The topological polar surface area (TPSA) is 28.2 Å². The van der Waals surface area contributed by atoms with Gasteiger partial charge in [0.15, 0.2) is 0 Å². The molecule has 1 aromatic heterocycles. The molecule has 0 aliphatic carbocycles. The second-order valence-corrected chi connectivity index (χ2v) is 5.85. The fourth-order valence-corrected chi connectivity index (χ4v) is 1.88. The summed E-state index contributed by atoms with van der Waals surface area (Å²) in [6, 6.07) is 4.67. The zero-order chi connectivity index (χ0) is 14.5. The SMILES string of the molecule is CCCNC(C)c1ccc(N(C)C(C)(C)CC)nc1. The van der Waals surface area contributed by atoms with Crippen LogP contribution in [0.5, 0.6) is 0 Å². The Labute approximate surface area is 118 Å². The van der Waals surface area contributed by atoms with Crippen LogP contribution in [0.2, 0.25) is 0 Å². The molecule has 0 bridgehead atoms. The second-order valence-electron chi connectivity index (χ2n) is 5.85. The summed E-state index contributed by atoms with van der Waals surface area (Å²) >= 11 is 0. The van der Waals surface area contributed by atoms with E-state index in [9.17, 15) is 0 Å². The van der Waals surface area contributed by atoms with Crippen LogP contribution in [-0.4, -0.2) is 24.1 Å². The third-order valence-electron chi connectivity index (χ3n) is 4.09. The van der Waals surface area contributed by atoms with E-state index in [1.807, 2.05) is 6.20 Å². The van der Waals surface area contributed by atoms with Crippen molar-refractivity contribution in [3.8, 4) is 0 Å². The van der Waals surface area contributed by atoms with Crippen LogP contribution in [0.25, 0.3) is 0 Å².